The summed E-state index contributed by atoms with van der Waals surface area (Å²) in [4.78, 5) is 32.9. The molecule has 1 saturated heterocycles. The van der Waals surface area contributed by atoms with Crippen LogP contribution >= 0.6 is 0 Å². The van der Waals surface area contributed by atoms with Crippen LogP contribution < -0.4 is 0 Å². The van der Waals surface area contributed by atoms with Crippen molar-refractivity contribution >= 4 is 21.7 Å². The molecule has 8 nitrogen and oxygen atoms in total. The summed E-state index contributed by atoms with van der Waals surface area (Å²) in [6, 6.07) is 9.89. The number of fused-ring (bicyclic) bond motifs is 7. The number of rotatable bonds is 6. The van der Waals surface area contributed by atoms with Crippen LogP contribution in [0.4, 0.5) is 0 Å². The second-order valence-electron chi connectivity index (χ2n) is 12.7. The third kappa shape index (κ3) is 4.11. The van der Waals surface area contributed by atoms with E-state index in [0.29, 0.717) is 19.5 Å². The van der Waals surface area contributed by atoms with Crippen LogP contribution in [0.5, 0.6) is 0 Å². The Morgan fingerprint density at radius 1 is 1.23 bits per heavy atom. The number of aliphatic hydroxyl groups excluding tert-OH is 1. The molecule has 0 bridgehead atoms. The fourth-order valence-electron chi connectivity index (χ4n) is 9.09. The Balaban J connectivity index is 1.37. The Morgan fingerprint density at radius 2 is 1.97 bits per heavy atom. The minimum atomic E-state index is -3.83. The predicted octanol–water partition coefficient (Wildman–Crippen LogP) is 3.22. The quantitative estimate of drug-likeness (QED) is 0.533. The first kappa shape index (κ1) is 27.0. The summed E-state index contributed by atoms with van der Waals surface area (Å²) >= 11 is 0. The molecule has 210 valence electrons. The van der Waals surface area contributed by atoms with Crippen LogP contribution in [0.25, 0.3) is 0 Å². The van der Waals surface area contributed by atoms with Crippen LogP contribution in [0.2, 0.25) is 0 Å². The smallest absolute Gasteiger partial charge is 0.264 e. The first-order valence-electron chi connectivity index (χ1n) is 13.9. The molecule has 9 heteroatoms. The minimum absolute atomic E-state index is 0.00575. The average Bonchev–Trinajstić information content (AvgIpc) is 3.35. The number of benzene rings is 1. The third-order valence-corrected chi connectivity index (χ3v) is 11.1. The Morgan fingerprint density at radius 3 is 2.69 bits per heavy atom. The van der Waals surface area contributed by atoms with Crippen molar-refractivity contribution in [1.82, 2.24) is 5.06 Å². The van der Waals surface area contributed by atoms with Crippen LogP contribution in [-0.4, -0.2) is 61.3 Å². The van der Waals surface area contributed by atoms with E-state index in [9.17, 15) is 23.1 Å². The minimum Gasteiger partial charge on any atom is -0.393 e. The summed E-state index contributed by atoms with van der Waals surface area (Å²) in [7, 11) is -3.83. The standard InChI is InChI=1S/C30H37NO7S/c1-28-12-11-22(32)13-20(28)9-10-23-24-14-21-17-31(16-19-7-5-4-6-8-19)38-30(21,26(34)18-37-39(3,35)36)29(24,2)15-25(33)27(23)28/h4-8,11-13,21,23-25,27,33H,9-10,14-18H2,1-3H3/t21-,23-,24-,25-,27+,28-,29-,30-/m0/s1. The summed E-state index contributed by atoms with van der Waals surface area (Å²) in [6.45, 7) is 4.63. The lowest BCUT2D eigenvalue weighted by molar-refractivity contribution is -0.254. The zero-order chi connectivity index (χ0) is 27.8. The largest absolute Gasteiger partial charge is 0.393 e. The highest BCUT2D eigenvalue weighted by molar-refractivity contribution is 7.86. The predicted molar refractivity (Wildman–Crippen MR) is 143 cm³/mol. The van der Waals surface area contributed by atoms with Gasteiger partial charge in [-0.25, -0.2) is 0 Å². The first-order valence-corrected chi connectivity index (χ1v) is 15.7. The zero-order valence-electron chi connectivity index (χ0n) is 22.7. The number of hydroxylamine groups is 2. The van der Waals surface area contributed by atoms with Gasteiger partial charge in [-0.2, -0.15) is 13.5 Å². The van der Waals surface area contributed by atoms with Gasteiger partial charge in [0.05, 0.1) is 12.4 Å². The van der Waals surface area contributed by atoms with E-state index >= 15 is 0 Å². The zero-order valence-corrected chi connectivity index (χ0v) is 23.5. The van der Waals surface area contributed by atoms with Gasteiger partial charge in [0.2, 0.25) is 0 Å². The molecule has 1 aliphatic heterocycles. The molecule has 4 aliphatic carbocycles. The number of carbonyl (C=O) groups excluding carboxylic acids is 2. The Hall–Kier alpha value is -2.17. The van der Waals surface area contributed by atoms with Crippen molar-refractivity contribution in [2.45, 2.75) is 57.8 Å². The van der Waals surface area contributed by atoms with Crippen molar-refractivity contribution in [2.24, 2.45) is 34.5 Å². The lowest BCUT2D eigenvalue weighted by atomic mass is 9.46. The van der Waals surface area contributed by atoms with Crippen LogP contribution in [-0.2, 0) is 35.3 Å². The van der Waals surface area contributed by atoms with E-state index in [1.54, 1.807) is 12.2 Å². The number of hydrogen-bond donors (Lipinski definition) is 1. The first-order chi connectivity index (χ1) is 18.4. The molecule has 0 amide bonds. The van der Waals surface area contributed by atoms with Gasteiger partial charge >= 0.3 is 0 Å². The molecule has 1 heterocycles. The van der Waals surface area contributed by atoms with Gasteiger partial charge in [0.1, 0.15) is 6.61 Å². The molecule has 39 heavy (non-hydrogen) atoms. The summed E-state index contributed by atoms with van der Waals surface area (Å²) in [5.41, 5.74) is -0.288. The average molecular weight is 556 g/mol. The Labute approximate surface area is 230 Å². The van der Waals surface area contributed by atoms with E-state index in [1.807, 2.05) is 41.5 Å². The maximum atomic E-state index is 14.1. The molecule has 1 N–H and O–H groups in total. The molecular weight excluding hydrogens is 518 g/mol. The van der Waals surface area contributed by atoms with E-state index in [0.717, 1.165) is 36.7 Å². The van der Waals surface area contributed by atoms with E-state index in [1.165, 1.54) is 0 Å². The van der Waals surface area contributed by atoms with Crippen LogP contribution in [0.1, 0.15) is 45.1 Å². The molecule has 1 aromatic carbocycles. The van der Waals surface area contributed by atoms with Gasteiger partial charge in [0, 0.05) is 35.8 Å². The van der Waals surface area contributed by atoms with E-state index in [2.05, 4.69) is 13.8 Å². The van der Waals surface area contributed by atoms with Crippen LogP contribution in [0.3, 0.4) is 0 Å². The number of carbonyl (C=O) groups is 2. The maximum absolute atomic E-state index is 14.1. The molecular formula is C30H37NO7S. The number of allylic oxidation sites excluding steroid dienone is 4. The van der Waals surface area contributed by atoms with Crippen LogP contribution in [0.15, 0.2) is 54.1 Å². The van der Waals surface area contributed by atoms with Crippen LogP contribution in [0, 0.1) is 34.5 Å². The fraction of sp³-hybridized carbons (Fsp3) is 0.600. The van der Waals surface area contributed by atoms with Crippen molar-refractivity contribution in [2.75, 3.05) is 19.4 Å². The molecule has 0 radical (unpaired) electrons. The van der Waals surface area contributed by atoms with Gasteiger partial charge in [-0.3, -0.25) is 18.6 Å². The molecule has 3 saturated carbocycles. The maximum Gasteiger partial charge on any atom is 0.264 e. The summed E-state index contributed by atoms with van der Waals surface area (Å²) < 4.78 is 28.7. The number of nitrogens with zero attached hydrogens (tertiary/aromatic N) is 1. The van der Waals surface area contributed by atoms with Crippen molar-refractivity contribution < 1.29 is 32.1 Å². The topological polar surface area (TPSA) is 110 Å². The van der Waals surface area contributed by atoms with Gasteiger partial charge in [0.25, 0.3) is 10.1 Å². The second-order valence-corrected chi connectivity index (χ2v) is 14.3. The molecule has 0 unspecified atom stereocenters. The third-order valence-electron chi connectivity index (χ3n) is 10.6. The summed E-state index contributed by atoms with van der Waals surface area (Å²) in [5.74, 6) is -0.384. The van der Waals surface area contributed by atoms with Crippen molar-refractivity contribution in [3.05, 3.63) is 59.7 Å². The Kier molecular flexibility index (Phi) is 6.36. The van der Waals surface area contributed by atoms with Gasteiger partial charge in [-0.05, 0) is 55.2 Å². The van der Waals surface area contributed by atoms with Crippen molar-refractivity contribution in [1.29, 1.82) is 0 Å². The van der Waals surface area contributed by atoms with E-state index in [-0.39, 0.29) is 35.2 Å². The van der Waals surface area contributed by atoms with E-state index < -0.39 is 39.3 Å². The molecule has 8 atom stereocenters. The van der Waals surface area contributed by atoms with Crippen molar-refractivity contribution in [3.8, 4) is 0 Å². The lowest BCUT2D eigenvalue weighted by Crippen LogP contribution is -2.63. The fourth-order valence-corrected chi connectivity index (χ4v) is 9.41. The molecule has 0 aromatic heterocycles. The Bertz CT molecular complexity index is 1360. The summed E-state index contributed by atoms with van der Waals surface area (Å²) in [6.07, 6.45) is 8.26. The monoisotopic (exact) mass is 555 g/mol. The van der Waals surface area contributed by atoms with Gasteiger partial charge in [0.15, 0.2) is 17.2 Å². The molecule has 1 aromatic rings. The highest BCUT2D eigenvalue weighted by atomic mass is 32.2. The van der Waals surface area contributed by atoms with E-state index in [4.69, 9.17) is 9.02 Å². The number of hydrogen-bond acceptors (Lipinski definition) is 8. The normalized spacial score (nSPS) is 41.4. The lowest BCUT2D eigenvalue weighted by Gasteiger charge is -2.60. The van der Waals surface area contributed by atoms with Gasteiger partial charge in [-0.1, -0.05) is 55.8 Å². The highest BCUT2D eigenvalue weighted by Gasteiger charge is 2.75. The molecule has 4 fully saturated rings. The number of aliphatic hydroxyl groups is 1. The highest BCUT2D eigenvalue weighted by Crippen LogP contribution is 2.70. The second kappa shape index (κ2) is 9.17. The number of Topliss-reactive ketones (excluding diaryl/α,β-unsaturated/α-hetero) is 1. The van der Waals surface area contributed by atoms with Crippen molar-refractivity contribution in [3.63, 3.8) is 0 Å². The number of ketones is 2. The summed E-state index contributed by atoms with van der Waals surface area (Å²) in [5, 5.41) is 13.6. The molecule has 6 rings (SSSR count). The SMILES string of the molecule is C[C@]12C=CC(=O)C=C1CC[C@@H]1[C@@H]2[C@@H](O)C[C@@]2(C)[C@H]1C[C@H]1CN(Cc3ccccc3)O[C@]12C(=O)COS(C)(=O)=O. The molecule has 5 aliphatic rings. The van der Waals surface area contributed by atoms with Gasteiger partial charge < -0.3 is 5.11 Å². The van der Waals surface area contributed by atoms with Gasteiger partial charge in [-0.15, -0.1) is 0 Å². The molecule has 0 spiro atoms.